The molecule has 0 bridgehead atoms. The summed E-state index contributed by atoms with van der Waals surface area (Å²) in [6, 6.07) is 25.3. The van der Waals surface area contributed by atoms with Crippen LogP contribution in [0, 0.1) is 11.8 Å². The molecular weight excluding hydrogens is 604 g/mol. The minimum atomic E-state index is -1.21. The highest BCUT2D eigenvalue weighted by Crippen LogP contribution is 2.35. The molecule has 2 amide bonds. The van der Waals surface area contributed by atoms with Crippen molar-refractivity contribution in [3.63, 3.8) is 0 Å². The van der Waals surface area contributed by atoms with E-state index in [1.54, 1.807) is 46.5 Å². The number of nitrogens with one attached hydrogen (secondary N) is 2. The van der Waals surface area contributed by atoms with E-state index in [1.165, 1.54) is 0 Å². The predicted molar refractivity (Wildman–Crippen MR) is 179 cm³/mol. The maximum absolute atomic E-state index is 13.2. The van der Waals surface area contributed by atoms with Crippen molar-refractivity contribution in [3.05, 3.63) is 131 Å². The Balaban J connectivity index is 0.995. The Kier molecular flexibility index (Phi) is 8.88. The molecule has 2 aromatic heterocycles. The average molecular weight is 641 g/mol. The third-order valence-electron chi connectivity index (χ3n) is 9.13. The summed E-state index contributed by atoms with van der Waals surface area (Å²) in [5, 5.41) is 21.4. The summed E-state index contributed by atoms with van der Waals surface area (Å²) in [6.07, 6.45) is 4.23. The summed E-state index contributed by atoms with van der Waals surface area (Å²) in [5.41, 5.74) is 4.39. The molecule has 5 aromatic rings. The molecule has 3 aromatic carbocycles. The second-order valence-electron chi connectivity index (χ2n) is 12.2. The highest BCUT2D eigenvalue weighted by atomic mass is 16.3. The SMILES string of the molecule is O=C(C(O)c1ccccc1)N1CCC[C@H]1c1ncc(C#Cc2ccc(-c3cnc([C@@H]4CCCN4C(=O)[C@H](O)c4ccccc4)[nH]3)cc2)[nH]1. The van der Waals surface area contributed by atoms with E-state index in [2.05, 4.69) is 31.8 Å². The Bertz CT molecular complexity index is 1940. The van der Waals surface area contributed by atoms with E-state index in [9.17, 15) is 19.8 Å². The van der Waals surface area contributed by atoms with E-state index >= 15 is 0 Å². The van der Waals surface area contributed by atoms with Gasteiger partial charge in [-0.2, -0.15) is 0 Å². The Hall–Kier alpha value is -5.50. The summed E-state index contributed by atoms with van der Waals surface area (Å²) >= 11 is 0. The number of hydrogen-bond donors (Lipinski definition) is 4. The van der Waals surface area contributed by atoms with Gasteiger partial charge in [0.05, 0.1) is 30.2 Å². The summed E-state index contributed by atoms with van der Waals surface area (Å²) in [6.45, 7) is 1.14. The third kappa shape index (κ3) is 6.38. The first-order valence-corrected chi connectivity index (χ1v) is 16.3. The zero-order chi connectivity index (χ0) is 33.0. The van der Waals surface area contributed by atoms with Crippen LogP contribution in [0.2, 0.25) is 0 Å². The second kappa shape index (κ2) is 13.7. The Morgan fingerprint density at radius 1 is 0.688 bits per heavy atom. The number of carbonyl (C=O) groups is 2. The zero-order valence-corrected chi connectivity index (χ0v) is 26.3. The lowest BCUT2D eigenvalue weighted by molar-refractivity contribution is -0.142. The van der Waals surface area contributed by atoms with Crippen molar-refractivity contribution < 1.29 is 19.8 Å². The molecule has 10 heteroatoms. The van der Waals surface area contributed by atoms with Gasteiger partial charge in [0.2, 0.25) is 0 Å². The van der Waals surface area contributed by atoms with E-state index < -0.39 is 12.2 Å². The van der Waals surface area contributed by atoms with Crippen molar-refractivity contribution in [2.24, 2.45) is 0 Å². The highest BCUT2D eigenvalue weighted by Gasteiger charge is 2.36. The molecule has 0 aliphatic carbocycles. The Morgan fingerprint density at radius 2 is 1.21 bits per heavy atom. The fraction of sp³-hybridized carbons (Fsp3) is 0.263. The van der Waals surface area contributed by atoms with Gasteiger partial charge in [0.1, 0.15) is 17.3 Å². The van der Waals surface area contributed by atoms with Gasteiger partial charge >= 0.3 is 0 Å². The molecule has 2 saturated heterocycles. The van der Waals surface area contributed by atoms with Crippen LogP contribution in [-0.2, 0) is 9.59 Å². The van der Waals surface area contributed by atoms with Gasteiger partial charge in [0.25, 0.3) is 11.8 Å². The van der Waals surface area contributed by atoms with Gasteiger partial charge in [-0.05, 0) is 60.4 Å². The van der Waals surface area contributed by atoms with Crippen LogP contribution in [0.15, 0.2) is 97.3 Å². The van der Waals surface area contributed by atoms with E-state index in [4.69, 9.17) is 0 Å². The number of aliphatic hydroxyl groups is 2. The molecular formula is C38H36N6O4. The molecule has 0 saturated carbocycles. The first-order valence-electron chi connectivity index (χ1n) is 16.3. The quantitative estimate of drug-likeness (QED) is 0.185. The number of carbonyl (C=O) groups excluding carboxylic acids is 2. The first kappa shape index (κ1) is 31.1. The number of rotatable bonds is 7. The van der Waals surface area contributed by atoms with Crippen molar-refractivity contribution in [1.82, 2.24) is 29.7 Å². The molecule has 0 radical (unpaired) electrons. The van der Waals surface area contributed by atoms with Gasteiger partial charge in [-0.1, -0.05) is 78.7 Å². The van der Waals surface area contributed by atoms with Gasteiger partial charge < -0.3 is 30.0 Å². The van der Waals surface area contributed by atoms with Crippen molar-refractivity contribution in [1.29, 1.82) is 0 Å². The smallest absolute Gasteiger partial charge is 0.256 e. The minimum Gasteiger partial charge on any atom is -0.378 e. The van der Waals surface area contributed by atoms with E-state index in [1.807, 2.05) is 60.7 Å². The van der Waals surface area contributed by atoms with Crippen LogP contribution >= 0.6 is 0 Å². The highest BCUT2D eigenvalue weighted by molar-refractivity contribution is 5.83. The van der Waals surface area contributed by atoms with Crippen LogP contribution in [-0.4, -0.2) is 64.9 Å². The topological polar surface area (TPSA) is 138 Å². The standard InChI is InChI=1S/C38H36N6O4/c45-33(27-9-3-1-4-10-27)37(47)43-21-7-13-31(43)35-39-23-29(41-35)20-17-25-15-18-26(19-16-25)30-24-40-36(42-30)32-14-8-22-44(32)38(48)34(46)28-11-5-2-6-12-28/h1-6,9-12,15-16,18-19,23-24,31-34,45-46H,7-8,13-14,21-22H2,(H,39,41)(H,40,42)/t31-,32-,33?,34+/m0/s1. The number of aromatic amines is 2. The van der Waals surface area contributed by atoms with Crippen molar-refractivity contribution >= 4 is 11.8 Å². The van der Waals surface area contributed by atoms with Crippen LogP contribution in [0.3, 0.4) is 0 Å². The number of hydrogen-bond acceptors (Lipinski definition) is 6. The summed E-state index contributed by atoms with van der Waals surface area (Å²) in [4.78, 5) is 45.5. The lowest BCUT2D eigenvalue weighted by Gasteiger charge is -2.25. The monoisotopic (exact) mass is 640 g/mol. The van der Waals surface area contributed by atoms with Crippen molar-refractivity contribution in [2.45, 2.75) is 50.0 Å². The normalized spacial score (nSPS) is 18.7. The maximum atomic E-state index is 13.2. The fourth-order valence-electron chi connectivity index (χ4n) is 6.59. The number of benzene rings is 3. The van der Waals surface area contributed by atoms with Crippen LogP contribution in [0.25, 0.3) is 11.3 Å². The van der Waals surface area contributed by atoms with Gasteiger partial charge in [-0.15, -0.1) is 0 Å². The van der Waals surface area contributed by atoms with Gasteiger partial charge in [0, 0.05) is 18.7 Å². The van der Waals surface area contributed by atoms with Crippen molar-refractivity contribution in [3.8, 4) is 23.1 Å². The van der Waals surface area contributed by atoms with Crippen LogP contribution in [0.4, 0.5) is 0 Å². The molecule has 2 aliphatic rings. The summed E-state index contributed by atoms with van der Waals surface area (Å²) in [7, 11) is 0. The number of imidazole rings is 2. The first-order chi connectivity index (χ1) is 23.5. The summed E-state index contributed by atoms with van der Waals surface area (Å²) in [5.74, 6) is 7.03. The van der Waals surface area contributed by atoms with Gasteiger partial charge in [0.15, 0.2) is 12.2 Å². The molecule has 2 aliphatic heterocycles. The molecule has 4 atom stereocenters. The van der Waals surface area contributed by atoms with Crippen LogP contribution < -0.4 is 0 Å². The number of aromatic nitrogens is 4. The largest absolute Gasteiger partial charge is 0.378 e. The lowest BCUT2D eigenvalue weighted by atomic mass is 10.1. The second-order valence-corrected chi connectivity index (χ2v) is 12.2. The van der Waals surface area contributed by atoms with Crippen LogP contribution in [0.1, 0.15) is 84.0 Å². The summed E-state index contributed by atoms with van der Waals surface area (Å²) < 4.78 is 0. The average Bonchev–Trinajstić information content (AvgIpc) is 3.97. The molecule has 10 nitrogen and oxygen atoms in total. The Labute approximate surface area is 278 Å². The molecule has 48 heavy (non-hydrogen) atoms. The number of amides is 2. The number of aliphatic hydroxyl groups excluding tert-OH is 2. The van der Waals surface area contributed by atoms with E-state index in [0.29, 0.717) is 41.6 Å². The number of H-pyrrole nitrogens is 2. The molecule has 2 fully saturated rings. The molecule has 4 N–H and O–H groups in total. The zero-order valence-electron chi connectivity index (χ0n) is 26.3. The van der Waals surface area contributed by atoms with Gasteiger partial charge in [-0.3, -0.25) is 9.59 Å². The van der Waals surface area contributed by atoms with Gasteiger partial charge in [-0.25, -0.2) is 9.97 Å². The fourth-order valence-corrected chi connectivity index (χ4v) is 6.59. The number of likely N-dealkylation sites (tertiary alicyclic amines) is 2. The maximum Gasteiger partial charge on any atom is 0.256 e. The molecule has 0 spiro atoms. The molecule has 7 rings (SSSR count). The minimum absolute atomic E-state index is 0.225. The van der Waals surface area contributed by atoms with E-state index in [0.717, 1.165) is 42.5 Å². The third-order valence-corrected chi connectivity index (χ3v) is 9.13. The Morgan fingerprint density at radius 3 is 1.77 bits per heavy atom. The molecule has 4 heterocycles. The van der Waals surface area contributed by atoms with Crippen molar-refractivity contribution in [2.75, 3.05) is 13.1 Å². The molecule has 1 unspecified atom stereocenters. The lowest BCUT2D eigenvalue weighted by Crippen LogP contribution is -2.35. The van der Waals surface area contributed by atoms with E-state index in [-0.39, 0.29) is 23.9 Å². The van der Waals surface area contributed by atoms with Crippen LogP contribution in [0.5, 0.6) is 0 Å². The molecule has 242 valence electrons. The predicted octanol–water partition coefficient (Wildman–Crippen LogP) is 4.99. The number of nitrogens with zero attached hydrogens (tertiary/aromatic N) is 4.